The second-order valence-electron chi connectivity index (χ2n) is 5.16. The number of carbonyl (C=O) groups excluding carboxylic acids is 1. The van der Waals surface area contributed by atoms with Gasteiger partial charge in [0, 0.05) is 0 Å². The molecule has 1 aliphatic rings. The van der Waals surface area contributed by atoms with Gasteiger partial charge in [0.2, 0.25) is 0 Å². The van der Waals surface area contributed by atoms with E-state index < -0.39 is 0 Å². The first-order valence-corrected chi connectivity index (χ1v) is 8.37. The molecule has 2 heterocycles. The van der Waals surface area contributed by atoms with Crippen LogP contribution in [-0.2, 0) is 11.3 Å². The monoisotopic (exact) mass is 341 g/mol. The molecule has 0 saturated carbocycles. The second-order valence-corrected chi connectivity index (χ2v) is 6.83. The summed E-state index contributed by atoms with van der Waals surface area (Å²) >= 11 is 6.69. The lowest BCUT2D eigenvalue weighted by atomic mass is 10.2. The maximum Gasteiger partial charge on any atom is 0.266 e. The van der Waals surface area contributed by atoms with Gasteiger partial charge in [-0.15, -0.1) is 0 Å². The summed E-state index contributed by atoms with van der Waals surface area (Å²) in [6.07, 6.45) is 5.37. The largest absolute Gasteiger partial charge is 0.465 e. The van der Waals surface area contributed by atoms with Crippen molar-refractivity contribution in [3.8, 4) is 0 Å². The summed E-state index contributed by atoms with van der Waals surface area (Å²) in [6, 6.07) is 13.6. The van der Waals surface area contributed by atoms with Crippen molar-refractivity contribution in [1.29, 1.82) is 0 Å². The molecule has 0 atom stereocenters. The minimum atomic E-state index is -0.0453. The Morgan fingerprint density at radius 1 is 1.26 bits per heavy atom. The highest BCUT2D eigenvalue weighted by Gasteiger charge is 2.31. The molecule has 116 valence electrons. The molecular weight excluding hydrogens is 326 g/mol. The normalized spacial score (nSPS) is 17.3. The fourth-order valence-electron chi connectivity index (χ4n) is 2.25. The molecule has 1 aromatic carbocycles. The maximum absolute atomic E-state index is 12.6. The standard InChI is InChI=1S/C18H15NO2S2/c1-13(10-15-8-5-9-21-15)11-16-17(20)19(18(22)23-16)12-14-6-3-2-4-7-14/h2-11H,12H2,1H3. The van der Waals surface area contributed by atoms with Gasteiger partial charge >= 0.3 is 0 Å². The van der Waals surface area contributed by atoms with Crippen molar-refractivity contribution < 1.29 is 9.21 Å². The number of thioether (sulfide) groups is 1. The molecule has 1 amide bonds. The van der Waals surface area contributed by atoms with Gasteiger partial charge in [0.1, 0.15) is 10.1 Å². The smallest absolute Gasteiger partial charge is 0.266 e. The Morgan fingerprint density at radius 2 is 2.04 bits per heavy atom. The first-order chi connectivity index (χ1) is 11.1. The fraction of sp³-hybridized carbons (Fsp3) is 0.111. The van der Waals surface area contributed by atoms with E-state index in [-0.39, 0.29) is 5.91 Å². The number of hydrogen-bond donors (Lipinski definition) is 0. The molecule has 2 aromatic rings. The van der Waals surface area contributed by atoms with Crippen molar-refractivity contribution in [2.24, 2.45) is 0 Å². The van der Waals surface area contributed by atoms with Crippen LogP contribution < -0.4 is 0 Å². The molecule has 1 aliphatic heterocycles. The highest BCUT2D eigenvalue weighted by molar-refractivity contribution is 8.26. The first-order valence-electron chi connectivity index (χ1n) is 7.14. The van der Waals surface area contributed by atoms with Crippen LogP contribution in [-0.4, -0.2) is 15.1 Å². The molecule has 5 heteroatoms. The van der Waals surface area contributed by atoms with E-state index in [9.17, 15) is 4.79 Å². The van der Waals surface area contributed by atoms with Gasteiger partial charge in [-0.3, -0.25) is 9.69 Å². The van der Waals surface area contributed by atoms with Crippen LogP contribution in [0.15, 0.2) is 69.7 Å². The topological polar surface area (TPSA) is 33.5 Å². The molecule has 1 fully saturated rings. The predicted molar refractivity (Wildman–Crippen MR) is 97.6 cm³/mol. The molecule has 1 saturated heterocycles. The zero-order valence-corrected chi connectivity index (χ0v) is 14.2. The van der Waals surface area contributed by atoms with Crippen molar-refractivity contribution in [1.82, 2.24) is 4.90 Å². The van der Waals surface area contributed by atoms with Crippen LogP contribution >= 0.6 is 24.0 Å². The SMILES string of the molecule is CC(=Cc1ccco1)C=C1SC(=S)N(Cc2ccccc2)C1=O. The molecule has 0 N–H and O–H groups in total. The quantitative estimate of drug-likeness (QED) is 0.600. The Labute approximate surface area is 144 Å². The van der Waals surface area contributed by atoms with Crippen LogP contribution in [0.3, 0.4) is 0 Å². The summed E-state index contributed by atoms with van der Waals surface area (Å²) in [5, 5.41) is 0. The van der Waals surface area contributed by atoms with Crippen LogP contribution in [0.5, 0.6) is 0 Å². The molecule has 1 aromatic heterocycles. The number of rotatable bonds is 4. The molecule has 3 nitrogen and oxygen atoms in total. The number of allylic oxidation sites excluding steroid dienone is 2. The Bertz CT molecular complexity index is 777. The molecule has 3 rings (SSSR count). The Kier molecular flexibility index (Phi) is 4.79. The van der Waals surface area contributed by atoms with E-state index in [0.717, 1.165) is 16.9 Å². The molecule has 23 heavy (non-hydrogen) atoms. The fourth-order valence-corrected chi connectivity index (χ4v) is 3.55. The Morgan fingerprint density at radius 3 is 2.74 bits per heavy atom. The van der Waals surface area contributed by atoms with E-state index in [4.69, 9.17) is 16.6 Å². The average molecular weight is 341 g/mol. The lowest BCUT2D eigenvalue weighted by Crippen LogP contribution is -2.27. The van der Waals surface area contributed by atoms with Gasteiger partial charge in [-0.25, -0.2) is 0 Å². The van der Waals surface area contributed by atoms with E-state index >= 15 is 0 Å². The predicted octanol–water partition coefficient (Wildman–Crippen LogP) is 4.63. The summed E-state index contributed by atoms with van der Waals surface area (Å²) < 4.78 is 5.88. The molecule has 0 spiro atoms. The number of amides is 1. The second kappa shape index (κ2) is 6.98. The summed E-state index contributed by atoms with van der Waals surface area (Å²) in [4.78, 5) is 14.8. The Hall–Kier alpha value is -2.11. The minimum absolute atomic E-state index is 0.0453. The maximum atomic E-state index is 12.6. The van der Waals surface area contributed by atoms with E-state index in [1.165, 1.54) is 11.8 Å². The lowest BCUT2D eigenvalue weighted by molar-refractivity contribution is -0.122. The van der Waals surface area contributed by atoms with Crippen molar-refractivity contribution in [2.75, 3.05) is 0 Å². The number of carbonyl (C=O) groups is 1. The van der Waals surface area contributed by atoms with Gasteiger partial charge in [0.15, 0.2) is 0 Å². The highest BCUT2D eigenvalue weighted by atomic mass is 32.2. The third kappa shape index (κ3) is 3.81. The van der Waals surface area contributed by atoms with Crippen molar-refractivity contribution in [3.63, 3.8) is 0 Å². The number of hydrogen-bond acceptors (Lipinski definition) is 4. The third-order valence-corrected chi connectivity index (χ3v) is 4.71. The van der Waals surface area contributed by atoms with Gasteiger partial charge in [-0.1, -0.05) is 54.3 Å². The lowest BCUT2D eigenvalue weighted by Gasteiger charge is -2.14. The average Bonchev–Trinajstić information content (AvgIpc) is 3.12. The van der Waals surface area contributed by atoms with Crippen LogP contribution in [0.2, 0.25) is 0 Å². The summed E-state index contributed by atoms with van der Waals surface area (Å²) in [7, 11) is 0. The minimum Gasteiger partial charge on any atom is -0.465 e. The summed E-state index contributed by atoms with van der Waals surface area (Å²) in [5.74, 6) is 0.717. The molecular formula is C18H15NO2S2. The van der Waals surface area contributed by atoms with Gasteiger partial charge in [-0.2, -0.15) is 0 Å². The zero-order valence-electron chi connectivity index (χ0n) is 12.6. The highest BCUT2D eigenvalue weighted by Crippen LogP contribution is 2.33. The van der Waals surface area contributed by atoms with Gasteiger partial charge < -0.3 is 4.42 Å². The zero-order chi connectivity index (χ0) is 16.2. The summed E-state index contributed by atoms with van der Waals surface area (Å²) in [5.41, 5.74) is 2.01. The molecule has 0 unspecified atom stereocenters. The molecule has 0 bridgehead atoms. The number of thiocarbonyl (C=S) groups is 1. The molecule has 0 aliphatic carbocycles. The van der Waals surface area contributed by atoms with E-state index in [1.54, 1.807) is 11.2 Å². The number of nitrogens with zero attached hydrogens (tertiary/aromatic N) is 1. The van der Waals surface area contributed by atoms with Crippen LogP contribution in [0.25, 0.3) is 6.08 Å². The first kappa shape index (κ1) is 15.8. The third-order valence-electron chi connectivity index (χ3n) is 3.33. The van der Waals surface area contributed by atoms with Crippen LogP contribution in [0.4, 0.5) is 0 Å². The van der Waals surface area contributed by atoms with Gasteiger partial charge in [-0.05, 0) is 42.3 Å². The molecule has 0 radical (unpaired) electrons. The Balaban J connectivity index is 1.77. The summed E-state index contributed by atoms with van der Waals surface area (Å²) in [6.45, 7) is 2.44. The van der Waals surface area contributed by atoms with Gasteiger partial charge in [0.25, 0.3) is 5.91 Å². The van der Waals surface area contributed by atoms with Crippen LogP contribution in [0, 0.1) is 0 Å². The number of benzene rings is 1. The van der Waals surface area contributed by atoms with Crippen molar-refractivity contribution in [3.05, 3.63) is 76.6 Å². The van der Waals surface area contributed by atoms with Crippen molar-refractivity contribution in [2.45, 2.75) is 13.5 Å². The number of furan rings is 1. The van der Waals surface area contributed by atoms with E-state index in [1.807, 2.05) is 61.5 Å². The van der Waals surface area contributed by atoms with E-state index in [2.05, 4.69) is 0 Å². The van der Waals surface area contributed by atoms with Crippen LogP contribution in [0.1, 0.15) is 18.2 Å². The van der Waals surface area contributed by atoms with Crippen molar-refractivity contribution >= 4 is 40.3 Å². The van der Waals surface area contributed by atoms with Gasteiger partial charge in [0.05, 0.1) is 17.7 Å². The van der Waals surface area contributed by atoms with E-state index in [0.29, 0.717) is 15.8 Å².